The van der Waals surface area contributed by atoms with E-state index in [1.807, 2.05) is 0 Å². The van der Waals surface area contributed by atoms with Crippen molar-refractivity contribution in [3.8, 4) is 0 Å². The van der Waals surface area contributed by atoms with Crippen molar-refractivity contribution in [1.29, 1.82) is 0 Å². The van der Waals surface area contributed by atoms with Gasteiger partial charge in [0.1, 0.15) is 5.82 Å². The Morgan fingerprint density at radius 2 is 2.06 bits per heavy atom. The summed E-state index contributed by atoms with van der Waals surface area (Å²) >= 11 is 5.72. The van der Waals surface area contributed by atoms with Crippen molar-refractivity contribution in [2.45, 2.75) is 39.2 Å². The fourth-order valence-corrected chi connectivity index (χ4v) is 2.00. The van der Waals surface area contributed by atoms with E-state index >= 15 is 0 Å². The summed E-state index contributed by atoms with van der Waals surface area (Å²) in [6.45, 7) is 4.35. The number of hydrazine groups is 1. The van der Waals surface area contributed by atoms with Crippen LogP contribution in [0.1, 0.15) is 44.7 Å². The third kappa shape index (κ3) is 4.62. The Labute approximate surface area is 107 Å². The van der Waals surface area contributed by atoms with Gasteiger partial charge in [-0.25, -0.2) is 4.39 Å². The first-order valence-electron chi connectivity index (χ1n) is 5.95. The second-order valence-corrected chi connectivity index (χ2v) is 5.15. The summed E-state index contributed by atoms with van der Waals surface area (Å²) in [7, 11) is 0. The lowest BCUT2D eigenvalue weighted by molar-refractivity contribution is 0.441. The highest BCUT2D eigenvalue weighted by atomic mass is 35.5. The van der Waals surface area contributed by atoms with Crippen LogP contribution in [0.3, 0.4) is 0 Å². The van der Waals surface area contributed by atoms with Crippen LogP contribution in [-0.4, -0.2) is 0 Å². The average Bonchev–Trinajstić information content (AvgIpc) is 2.25. The molecule has 3 N–H and O–H groups in total. The third-order valence-corrected chi connectivity index (χ3v) is 3.05. The molecule has 1 atom stereocenters. The molecule has 0 heterocycles. The summed E-state index contributed by atoms with van der Waals surface area (Å²) in [5.41, 5.74) is 3.25. The lowest BCUT2D eigenvalue weighted by Crippen LogP contribution is -2.28. The van der Waals surface area contributed by atoms with Crippen LogP contribution in [-0.2, 0) is 0 Å². The van der Waals surface area contributed by atoms with Gasteiger partial charge in [0.25, 0.3) is 0 Å². The maximum atomic E-state index is 13.7. The van der Waals surface area contributed by atoms with Crippen molar-refractivity contribution < 1.29 is 4.39 Å². The number of nitrogens with two attached hydrogens (primary N) is 1. The molecule has 2 nitrogen and oxygen atoms in total. The van der Waals surface area contributed by atoms with Gasteiger partial charge in [-0.3, -0.25) is 11.3 Å². The molecule has 1 unspecified atom stereocenters. The van der Waals surface area contributed by atoms with Crippen molar-refractivity contribution in [2.24, 2.45) is 11.8 Å². The molecule has 4 heteroatoms. The number of halogens is 2. The second kappa shape index (κ2) is 6.94. The Kier molecular flexibility index (Phi) is 5.89. The average molecular weight is 259 g/mol. The molecule has 0 aliphatic carbocycles. The molecule has 96 valence electrons. The largest absolute Gasteiger partial charge is 0.271 e. The fraction of sp³-hybridized carbons (Fsp3) is 0.538. The molecule has 0 aliphatic heterocycles. The Hall–Kier alpha value is -0.640. The molecule has 0 aliphatic rings. The van der Waals surface area contributed by atoms with Gasteiger partial charge in [-0.05, 0) is 24.5 Å². The summed E-state index contributed by atoms with van der Waals surface area (Å²) in [4.78, 5) is 0. The molecule has 1 rings (SSSR count). The second-order valence-electron chi connectivity index (χ2n) is 4.71. The number of hydrogen-bond acceptors (Lipinski definition) is 2. The molecule has 0 spiro atoms. The highest BCUT2D eigenvalue weighted by molar-refractivity contribution is 6.30. The van der Waals surface area contributed by atoms with Gasteiger partial charge in [-0.15, -0.1) is 0 Å². The maximum Gasteiger partial charge on any atom is 0.129 e. The van der Waals surface area contributed by atoms with Gasteiger partial charge in [0.15, 0.2) is 0 Å². The van der Waals surface area contributed by atoms with Crippen LogP contribution in [0.2, 0.25) is 5.02 Å². The SMILES string of the molecule is CC(C)CCCC(NN)c1ccc(Cl)cc1F. The zero-order chi connectivity index (χ0) is 12.8. The first-order valence-corrected chi connectivity index (χ1v) is 6.33. The normalized spacial score (nSPS) is 13.1. The van der Waals surface area contributed by atoms with Crippen LogP contribution in [0.15, 0.2) is 18.2 Å². The van der Waals surface area contributed by atoms with Gasteiger partial charge in [0, 0.05) is 16.6 Å². The Morgan fingerprint density at radius 3 is 2.59 bits per heavy atom. The first kappa shape index (κ1) is 14.4. The van der Waals surface area contributed by atoms with Crippen LogP contribution >= 0.6 is 11.6 Å². The van der Waals surface area contributed by atoms with E-state index in [9.17, 15) is 4.39 Å². The van der Waals surface area contributed by atoms with Crippen molar-refractivity contribution in [3.63, 3.8) is 0 Å². The number of benzene rings is 1. The number of rotatable bonds is 6. The van der Waals surface area contributed by atoms with E-state index in [2.05, 4.69) is 19.3 Å². The molecule has 0 bridgehead atoms. The van der Waals surface area contributed by atoms with Crippen LogP contribution in [0.4, 0.5) is 4.39 Å². The van der Waals surface area contributed by atoms with Crippen LogP contribution in [0, 0.1) is 11.7 Å². The zero-order valence-corrected chi connectivity index (χ0v) is 11.1. The maximum absolute atomic E-state index is 13.7. The monoisotopic (exact) mass is 258 g/mol. The molecule has 0 saturated heterocycles. The summed E-state index contributed by atoms with van der Waals surface area (Å²) in [6.07, 6.45) is 2.97. The van der Waals surface area contributed by atoms with Crippen molar-refractivity contribution in [1.82, 2.24) is 5.43 Å². The van der Waals surface area contributed by atoms with Gasteiger partial charge >= 0.3 is 0 Å². The molecule has 1 aromatic rings. The highest BCUT2D eigenvalue weighted by Crippen LogP contribution is 2.24. The Bertz CT molecular complexity index is 355. The van der Waals surface area contributed by atoms with E-state index in [1.54, 1.807) is 12.1 Å². The molecule has 0 radical (unpaired) electrons. The third-order valence-electron chi connectivity index (χ3n) is 2.81. The smallest absolute Gasteiger partial charge is 0.129 e. The zero-order valence-electron chi connectivity index (χ0n) is 10.3. The van der Waals surface area contributed by atoms with Gasteiger partial charge in [0.2, 0.25) is 0 Å². The minimum absolute atomic E-state index is 0.147. The van der Waals surface area contributed by atoms with Gasteiger partial charge in [0.05, 0.1) is 0 Å². The minimum atomic E-state index is -0.301. The van der Waals surface area contributed by atoms with Gasteiger partial charge in [-0.2, -0.15) is 0 Å². The van der Waals surface area contributed by atoms with Crippen LogP contribution < -0.4 is 11.3 Å². The lowest BCUT2D eigenvalue weighted by Gasteiger charge is -2.17. The Morgan fingerprint density at radius 1 is 1.35 bits per heavy atom. The Balaban J connectivity index is 2.66. The van der Waals surface area contributed by atoms with E-state index < -0.39 is 0 Å². The summed E-state index contributed by atoms with van der Waals surface area (Å²) in [5.74, 6) is 5.83. The van der Waals surface area contributed by atoms with Gasteiger partial charge < -0.3 is 0 Å². The predicted molar refractivity (Wildman–Crippen MR) is 70.2 cm³/mol. The molecule has 0 fully saturated rings. The summed E-state index contributed by atoms with van der Waals surface area (Å²) in [6, 6.07) is 4.56. The molecule has 17 heavy (non-hydrogen) atoms. The predicted octanol–water partition coefficient (Wildman–Crippen LogP) is 3.81. The quantitative estimate of drug-likeness (QED) is 0.602. The lowest BCUT2D eigenvalue weighted by atomic mass is 9.98. The summed E-state index contributed by atoms with van der Waals surface area (Å²) < 4.78 is 13.7. The first-order chi connectivity index (χ1) is 8.04. The van der Waals surface area contributed by atoms with Crippen molar-refractivity contribution in [2.75, 3.05) is 0 Å². The van der Waals surface area contributed by atoms with Crippen molar-refractivity contribution in [3.05, 3.63) is 34.6 Å². The topological polar surface area (TPSA) is 38.0 Å². The van der Waals surface area contributed by atoms with E-state index in [1.165, 1.54) is 6.07 Å². The minimum Gasteiger partial charge on any atom is -0.271 e. The molecular formula is C13H20ClFN2. The molecule has 0 amide bonds. The van der Waals surface area contributed by atoms with E-state index in [-0.39, 0.29) is 11.9 Å². The molecular weight excluding hydrogens is 239 g/mol. The van der Waals surface area contributed by atoms with E-state index in [0.717, 1.165) is 19.3 Å². The molecule has 1 aromatic carbocycles. The molecule has 0 saturated carbocycles. The van der Waals surface area contributed by atoms with E-state index in [4.69, 9.17) is 17.4 Å². The van der Waals surface area contributed by atoms with Crippen LogP contribution in [0.25, 0.3) is 0 Å². The summed E-state index contributed by atoms with van der Waals surface area (Å²) in [5, 5.41) is 0.407. The number of nitrogens with one attached hydrogen (secondary N) is 1. The fourth-order valence-electron chi connectivity index (χ4n) is 1.84. The van der Waals surface area contributed by atoms with Crippen molar-refractivity contribution >= 4 is 11.6 Å². The van der Waals surface area contributed by atoms with Gasteiger partial charge in [-0.1, -0.05) is 44.4 Å². The van der Waals surface area contributed by atoms with E-state index in [0.29, 0.717) is 16.5 Å². The standard InChI is InChI=1S/C13H20ClFN2/c1-9(2)4-3-5-13(17-16)11-7-6-10(14)8-12(11)15/h6-9,13,17H,3-5,16H2,1-2H3. The molecule has 0 aromatic heterocycles. The van der Waals surface area contributed by atoms with Crippen LogP contribution in [0.5, 0.6) is 0 Å². The highest BCUT2D eigenvalue weighted by Gasteiger charge is 2.14. The number of hydrogen-bond donors (Lipinski definition) is 2.